The lowest BCUT2D eigenvalue weighted by Crippen LogP contribution is -2.59. The summed E-state index contributed by atoms with van der Waals surface area (Å²) in [6.07, 6.45) is 3.51. The summed E-state index contributed by atoms with van der Waals surface area (Å²) < 4.78 is 6.76. The van der Waals surface area contributed by atoms with Gasteiger partial charge in [0, 0.05) is 29.3 Å². The Bertz CT molecular complexity index is 1630. The fourth-order valence-electron chi connectivity index (χ4n) is 7.62. The van der Waals surface area contributed by atoms with Gasteiger partial charge in [0.1, 0.15) is 11.6 Å². The number of carbonyl (C=O) groups excluding carboxylic acids is 3. The predicted molar refractivity (Wildman–Crippen MR) is 179 cm³/mol. The lowest BCUT2D eigenvalue weighted by atomic mass is 9.70. The summed E-state index contributed by atoms with van der Waals surface area (Å²) in [7, 11) is 0. The normalized spacial score (nSPS) is 27.3. The molecule has 6 rings (SSSR count). The number of hydrogen-bond donors (Lipinski definition) is 1. The van der Waals surface area contributed by atoms with Gasteiger partial charge < -0.3 is 24.5 Å². The average molecular weight is 673 g/mol. The third-order valence-corrected chi connectivity index (χ3v) is 10.4. The number of hydrogen-bond acceptors (Lipinski definition) is 5. The van der Waals surface area contributed by atoms with Crippen molar-refractivity contribution in [2.24, 2.45) is 11.8 Å². The number of aliphatic hydroxyl groups is 1. The van der Waals surface area contributed by atoms with Gasteiger partial charge in [-0.3, -0.25) is 14.4 Å². The fourth-order valence-corrected chi connectivity index (χ4v) is 8.56. The van der Waals surface area contributed by atoms with Gasteiger partial charge in [0.15, 0.2) is 0 Å². The first-order valence-electron chi connectivity index (χ1n) is 15.4. The Labute approximate surface area is 272 Å². The molecule has 3 unspecified atom stereocenters. The van der Waals surface area contributed by atoms with Crippen molar-refractivity contribution in [2.75, 3.05) is 29.5 Å². The molecule has 3 amide bonds. The minimum atomic E-state index is -1.26. The maximum atomic E-state index is 14.9. The van der Waals surface area contributed by atoms with Gasteiger partial charge in [0.25, 0.3) is 5.91 Å². The predicted octanol–water partition coefficient (Wildman–Crippen LogP) is 5.10. The van der Waals surface area contributed by atoms with Gasteiger partial charge in [-0.05, 0) is 47.9 Å². The first kappa shape index (κ1) is 31.2. The molecule has 9 heteroatoms. The largest absolute Gasteiger partial charge is 0.394 e. The molecule has 3 fully saturated rings. The van der Waals surface area contributed by atoms with Crippen LogP contribution in [0.2, 0.25) is 0 Å². The zero-order valence-electron chi connectivity index (χ0n) is 25.3. The van der Waals surface area contributed by atoms with Crippen LogP contribution < -0.4 is 9.80 Å². The summed E-state index contributed by atoms with van der Waals surface area (Å²) in [4.78, 5) is 48.6. The number of fused-ring (bicyclic) bond motifs is 2. The number of carbonyl (C=O) groups is 3. The minimum absolute atomic E-state index is 0.205. The molecular weight excluding hydrogens is 634 g/mol. The van der Waals surface area contributed by atoms with Gasteiger partial charge in [-0.1, -0.05) is 83.5 Å². The summed E-state index contributed by atoms with van der Waals surface area (Å²) in [5.41, 5.74) is 0.0955. The van der Waals surface area contributed by atoms with Crippen molar-refractivity contribution in [1.82, 2.24) is 4.90 Å². The van der Waals surface area contributed by atoms with E-state index < -0.39 is 35.6 Å². The van der Waals surface area contributed by atoms with Crippen LogP contribution in [0, 0.1) is 11.8 Å². The topological polar surface area (TPSA) is 90.4 Å². The number of nitrogens with zero attached hydrogens (tertiary/aromatic N) is 3. The van der Waals surface area contributed by atoms with E-state index in [1.807, 2.05) is 79.7 Å². The number of rotatable bonds is 11. The molecule has 3 aromatic carbocycles. The lowest BCUT2D eigenvalue weighted by Gasteiger charge is -2.39. The van der Waals surface area contributed by atoms with Crippen molar-refractivity contribution in [1.29, 1.82) is 0 Å². The number of aliphatic hydroxyl groups excluding tert-OH is 1. The Kier molecular flexibility index (Phi) is 8.70. The van der Waals surface area contributed by atoms with Crippen LogP contribution in [0.15, 0.2) is 98.1 Å². The third kappa shape index (κ3) is 5.01. The van der Waals surface area contributed by atoms with Gasteiger partial charge >= 0.3 is 0 Å². The number of amides is 3. The van der Waals surface area contributed by atoms with E-state index in [9.17, 15) is 19.5 Å². The SMILES string of the molecule is C=CCN(C(=O)C1N([C@@H](CC)CO)C(=O)[C@@H]2[C@@H](C(=O)N(CC=C)c3ccccc3)[C@@H]3OC12CC3Br)c1ccc2ccccc2c1. The van der Waals surface area contributed by atoms with Crippen LogP contribution in [0.25, 0.3) is 10.8 Å². The molecule has 234 valence electrons. The first-order valence-corrected chi connectivity index (χ1v) is 16.4. The highest BCUT2D eigenvalue weighted by Crippen LogP contribution is 2.61. The molecule has 7 atom stereocenters. The van der Waals surface area contributed by atoms with Crippen molar-refractivity contribution in [3.8, 4) is 0 Å². The molecule has 1 N–H and O–H groups in total. The summed E-state index contributed by atoms with van der Waals surface area (Å²) in [6.45, 7) is 9.79. The highest BCUT2D eigenvalue weighted by atomic mass is 79.9. The van der Waals surface area contributed by atoms with Gasteiger partial charge in [-0.15, -0.1) is 13.2 Å². The van der Waals surface area contributed by atoms with Crippen LogP contribution >= 0.6 is 15.9 Å². The number of likely N-dealkylation sites (tertiary alicyclic amines) is 1. The minimum Gasteiger partial charge on any atom is -0.394 e. The second-order valence-corrected chi connectivity index (χ2v) is 13.2. The van der Waals surface area contributed by atoms with E-state index in [2.05, 4.69) is 29.1 Å². The molecule has 3 saturated heterocycles. The Hall–Kier alpha value is -3.79. The number of alkyl halides is 1. The molecule has 3 aromatic rings. The first-order chi connectivity index (χ1) is 21.8. The fraction of sp³-hybridized carbons (Fsp3) is 0.361. The number of halogens is 1. The Morgan fingerprint density at radius 3 is 2.29 bits per heavy atom. The average Bonchev–Trinajstić information content (AvgIpc) is 3.66. The number of ether oxygens (including phenoxy) is 1. The quantitative estimate of drug-likeness (QED) is 0.226. The number of benzene rings is 3. The second kappa shape index (κ2) is 12.5. The zero-order chi connectivity index (χ0) is 31.9. The monoisotopic (exact) mass is 671 g/mol. The molecule has 0 aliphatic carbocycles. The molecule has 8 nitrogen and oxygen atoms in total. The smallest absolute Gasteiger partial charge is 0.253 e. The van der Waals surface area contributed by atoms with Crippen LogP contribution in [-0.4, -0.2) is 76.0 Å². The van der Waals surface area contributed by atoms with Gasteiger partial charge in [-0.2, -0.15) is 0 Å². The second-order valence-electron chi connectivity index (χ2n) is 12.0. The zero-order valence-corrected chi connectivity index (χ0v) is 26.9. The summed E-state index contributed by atoms with van der Waals surface area (Å²) in [5.74, 6) is -2.64. The molecule has 0 saturated carbocycles. The molecule has 0 radical (unpaired) electrons. The molecule has 3 aliphatic heterocycles. The van der Waals surface area contributed by atoms with Gasteiger partial charge in [-0.25, -0.2) is 0 Å². The third-order valence-electron chi connectivity index (χ3n) is 9.59. The summed E-state index contributed by atoms with van der Waals surface area (Å²) in [6, 6.07) is 21.3. The van der Waals surface area contributed by atoms with Crippen molar-refractivity contribution in [2.45, 2.75) is 48.4 Å². The van der Waals surface area contributed by atoms with E-state index in [4.69, 9.17) is 4.74 Å². The Balaban J connectivity index is 1.45. The Morgan fingerprint density at radius 1 is 1.00 bits per heavy atom. The maximum Gasteiger partial charge on any atom is 0.253 e. The maximum absolute atomic E-state index is 14.9. The highest BCUT2D eigenvalue weighted by Gasteiger charge is 2.77. The van der Waals surface area contributed by atoms with Crippen molar-refractivity contribution < 1.29 is 24.2 Å². The van der Waals surface area contributed by atoms with Crippen molar-refractivity contribution in [3.63, 3.8) is 0 Å². The highest BCUT2D eigenvalue weighted by molar-refractivity contribution is 9.09. The van der Waals surface area contributed by atoms with Crippen LogP contribution in [0.4, 0.5) is 11.4 Å². The number of anilines is 2. The standard InChI is InChI=1S/C36H38BrN3O5/c1-4-18-38(26-14-8-7-9-15-26)33(42)29-30-34(43)40(25(6-3)22-41)32(36(30)21-28(37)31(29)45-36)35(44)39(19-5-2)27-17-16-23-12-10-11-13-24(23)20-27/h4-5,7-17,20,25,28-32,41H,1-2,6,18-19,21-22H2,3H3/t25-,28?,29+,30-,31+,32?,36?/m0/s1. The van der Waals surface area contributed by atoms with Crippen LogP contribution in [0.3, 0.4) is 0 Å². The van der Waals surface area contributed by atoms with Gasteiger partial charge in [0.2, 0.25) is 11.8 Å². The lowest BCUT2D eigenvalue weighted by molar-refractivity contribution is -0.144. The molecule has 0 aromatic heterocycles. The van der Waals surface area contributed by atoms with Crippen LogP contribution in [0.5, 0.6) is 0 Å². The number of para-hydroxylation sites is 1. The molecule has 2 bridgehead atoms. The van der Waals surface area contributed by atoms with E-state index in [0.29, 0.717) is 24.2 Å². The van der Waals surface area contributed by atoms with Crippen LogP contribution in [-0.2, 0) is 19.1 Å². The Morgan fingerprint density at radius 2 is 1.64 bits per heavy atom. The van der Waals surface area contributed by atoms with E-state index >= 15 is 0 Å². The molecular formula is C36H38BrN3O5. The van der Waals surface area contributed by atoms with Crippen LogP contribution in [0.1, 0.15) is 19.8 Å². The summed E-state index contributed by atoms with van der Waals surface area (Å²) >= 11 is 3.77. The molecule has 3 aliphatic rings. The molecule has 45 heavy (non-hydrogen) atoms. The molecule has 1 spiro atoms. The van der Waals surface area contributed by atoms with Gasteiger partial charge in [0.05, 0.1) is 30.6 Å². The van der Waals surface area contributed by atoms with E-state index in [-0.39, 0.29) is 42.2 Å². The molecule has 3 heterocycles. The van der Waals surface area contributed by atoms with Crippen molar-refractivity contribution in [3.05, 3.63) is 98.1 Å². The van der Waals surface area contributed by atoms with E-state index in [0.717, 1.165) is 10.8 Å². The van der Waals surface area contributed by atoms with E-state index in [1.165, 1.54) is 4.90 Å². The van der Waals surface area contributed by atoms with E-state index in [1.54, 1.807) is 22.0 Å². The summed E-state index contributed by atoms with van der Waals surface area (Å²) in [5, 5.41) is 12.5. The van der Waals surface area contributed by atoms with Crippen molar-refractivity contribution >= 4 is 55.8 Å².